The van der Waals surface area contributed by atoms with E-state index in [0.717, 1.165) is 0 Å². The third-order valence-corrected chi connectivity index (χ3v) is 0. The highest BCUT2D eigenvalue weighted by Gasteiger charge is 1.86. The fourth-order valence-electron chi connectivity index (χ4n) is 0. The fourth-order valence-corrected chi connectivity index (χ4v) is 0. The quantitative estimate of drug-likeness (QED) is 0.434. The molecule has 0 bridgehead atoms. The van der Waals surface area contributed by atoms with Crippen LogP contribution in [-0.4, -0.2) is 6.68 Å². The van der Waals surface area contributed by atoms with Gasteiger partial charge in [-0.1, -0.05) is 0 Å². The Labute approximate surface area is 34.4 Å². The van der Waals surface area contributed by atoms with Crippen LogP contribution < -0.4 is 0 Å². The van der Waals surface area contributed by atoms with Crippen molar-refractivity contribution in [3.8, 4) is 0 Å². The van der Waals surface area contributed by atoms with Crippen LogP contribution in [0.4, 0.5) is 13.2 Å². The van der Waals surface area contributed by atoms with E-state index in [1.807, 2.05) is 0 Å². The standard InChI is InChI=1S/CHF3.H2S/c2-1(3)4;/h1H;1H2. The Morgan fingerprint density at radius 2 is 1.00 bits per heavy atom. The second kappa shape index (κ2) is 4.14. The van der Waals surface area contributed by atoms with Crippen LogP contribution in [0.2, 0.25) is 0 Å². The van der Waals surface area contributed by atoms with E-state index in [0.29, 0.717) is 0 Å². The lowest BCUT2D eigenvalue weighted by Gasteiger charge is -1.65. The van der Waals surface area contributed by atoms with Crippen LogP contribution in [0.25, 0.3) is 0 Å². The second-order valence-electron chi connectivity index (χ2n) is 0.247. The molecular formula is CH3F3S. The van der Waals surface area contributed by atoms with Gasteiger partial charge in [-0.15, -0.1) is 0 Å². The van der Waals surface area contributed by atoms with Crippen molar-refractivity contribution in [3.05, 3.63) is 0 Å². The van der Waals surface area contributed by atoms with Gasteiger partial charge in [0.05, 0.1) is 0 Å². The van der Waals surface area contributed by atoms with E-state index in [1.165, 1.54) is 0 Å². The molecular weight excluding hydrogens is 101 g/mol. The Balaban J connectivity index is 0. The van der Waals surface area contributed by atoms with E-state index in [-0.39, 0.29) is 13.5 Å². The molecule has 0 N–H and O–H groups in total. The molecule has 5 heavy (non-hydrogen) atoms. The summed E-state index contributed by atoms with van der Waals surface area (Å²) in [7, 11) is 0. The molecule has 0 aliphatic heterocycles. The summed E-state index contributed by atoms with van der Waals surface area (Å²) in [6.45, 7) is -3.67. The van der Waals surface area contributed by atoms with Crippen molar-refractivity contribution in [1.82, 2.24) is 0 Å². The second-order valence-corrected chi connectivity index (χ2v) is 0.247. The zero-order chi connectivity index (χ0) is 3.58. The highest BCUT2D eigenvalue weighted by atomic mass is 32.1. The van der Waals surface area contributed by atoms with Crippen molar-refractivity contribution in [2.45, 2.75) is 6.68 Å². The topological polar surface area (TPSA) is 0 Å². The normalized spacial score (nSPS) is 7.20. The lowest BCUT2D eigenvalue weighted by molar-refractivity contribution is 0.00819. The molecule has 0 nitrogen and oxygen atoms in total. The summed E-state index contributed by atoms with van der Waals surface area (Å²) in [6.07, 6.45) is 0. The zero-order valence-corrected chi connectivity index (χ0v) is 3.21. The van der Waals surface area contributed by atoms with Gasteiger partial charge in [0.15, 0.2) is 0 Å². The van der Waals surface area contributed by atoms with Crippen molar-refractivity contribution in [2.24, 2.45) is 0 Å². The van der Waals surface area contributed by atoms with Crippen LogP contribution in [0.3, 0.4) is 0 Å². The number of hydrogen-bond acceptors (Lipinski definition) is 0. The van der Waals surface area contributed by atoms with Gasteiger partial charge in [-0.2, -0.15) is 26.7 Å². The van der Waals surface area contributed by atoms with Gasteiger partial charge in [0.1, 0.15) is 0 Å². The summed E-state index contributed by atoms with van der Waals surface area (Å²) < 4.78 is 29.0. The molecule has 0 aromatic rings. The molecule has 0 spiro atoms. The maximum absolute atomic E-state index is 9.67. The monoisotopic (exact) mass is 104 g/mol. The summed E-state index contributed by atoms with van der Waals surface area (Å²) in [5.74, 6) is 0. The van der Waals surface area contributed by atoms with Crippen LogP contribution in [0, 0.1) is 0 Å². The Bertz CT molecular complexity index is 11.6. The number of halogens is 3. The van der Waals surface area contributed by atoms with E-state index in [9.17, 15) is 13.2 Å². The van der Waals surface area contributed by atoms with Crippen molar-refractivity contribution in [3.63, 3.8) is 0 Å². The highest BCUT2D eigenvalue weighted by molar-refractivity contribution is 7.59. The first-order valence-electron chi connectivity index (χ1n) is 0.655. The maximum Gasteiger partial charge on any atom is 0.379 e. The van der Waals surface area contributed by atoms with E-state index in [1.54, 1.807) is 0 Å². The molecule has 0 saturated heterocycles. The predicted octanol–water partition coefficient (Wildman–Crippen LogP) is 1.29. The van der Waals surface area contributed by atoms with E-state index < -0.39 is 6.68 Å². The molecule has 34 valence electrons. The van der Waals surface area contributed by atoms with Crippen LogP contribution in [0.5, 0.6) is 0 Å². The molecule has 0 atom stereocenters. The highest BCUT2D eigenvalue weighted by Crippen LogP contribution is 1.87. The molecule has 0 aliphatic carbocycles. The van der Waals surface area contributed by atoms with Crippen molar-refractivity contribution in [2.75, 3.05) is 0 Å². The summed E-state index contributed by atoms with van der Waals surface area (Å²) in [5, 5.41) is 0. The van der Waals surface area contributed by atoms with Gasteiger partial charge in [0.2, 0.25) is 0 Å². The van der Waals surface area contributed by atoms with E-state index in [2.05, 4.69) is 0 Å². The number of alkyl halides is 3. The van der Waals surface area contributed by atoms with Crippen LogP contribution in [0.1, 0.15) is 0 Å². The zero-order valence-electron chi connectivity index (χ0n) is 2.21. The Morgan fingerprint density at radius 3 is 1.00 bits per heavy atom. The van der Waals surface area contributed by atoms with Gasteiger partial charge in [-0.25, -0.2) is 0 Å². The first-order chi connectivity index (χ1) is 1.73. The average Bonchev–Trinajstić information content (AvgIpc) is 0.811. The van der Waals surface area contributed by atoms with Crippen molar-refractivity contribution >= 4 is 13.5 Å². The molecule has 0 fully saturated rings. The molecule has 0 aromatic carbocycles. The number of hydrogen-bond donors (Lipinski definition) is 0. The molecule has 0 radical (unpaired) electrons. The van der Waals surface area contributed by atoms with Gasteiger partial charge in [-0.3, -0.25) is 0 Å². The Kier molecular flexibility index (Phi) is 7.40. The lowest BCUT2D eigenvalue weighted by atomic mass is 11.6. The average molecular weight is 104 g/mol. The van der Waals surface area contributed by atoms with Crippen LogP contribution >= 0.6 is 13.5 Å². The Morgan fingerprint density at radius 1 is 1.00 bits per heavy atom. The molecule has 0 saturated carbocycles. The first-order valence-corrected chi connectivity index (χ1v) is 0.655. The summed E-state index contributed by atoms with van der Waals surface area (Å²) in [4.78, 5) is 0. The fraction of sp³-hybridized carbons (Fsp3) is 1.00. The maximum atomic E-state index is 9.67. The van der Waals surface area contributed by atoms with Crippen molar-refractivity contribution in [1.29, 1.82) is 0 Å². The summed E-state index contributed by atoms with van der Waals surface area (Å²) in [5.41, 5.74) is 0. The smallest absolute Gasteiger partial charge is 0.197 e. The van der Waals surface area contributed by atoms with Gasteiger partial charge < -0.3 is 0 Å². The largest absolute Gasteiger partial charge is 0.379 e. The summed E-state index contributed by atoms with van der Waals surface area (Å²) in [6, 6.07) is 0. The van der Waals surface area contributed by atoms with E-state index in [4.69, 9.17) is 0 Å². The molecule has 0 aliphatic rings. The van der Waals surface area contributed by atoms with Crippen LogP contribution in [0.15, 0.2) is 0 Å². The molecule has 0 amide bonds. The third-order valence-electron chi connectivity index (χ3n) is 0. The minimum Gasteiger partial charge on any atom is -0.197 e. The van der Waals surface area contributed by atoms with Crippen LogP contribution in [-0.2, 0) is 0 Å². The van der Waals surface area contributed by atoms with Gasteiger partial charge in [0, 0.05) is 0 Å². The minimum absolute atomic E-state index is 0. The minimum atomic E-state index is -3.67. The molecule has 0 rings (SSSR count). The van der Waals surface area contributed by atoms with Crippen molar-refractivity contribution < 1.29 is 13.2 Å². The number of rotatable bonds is 0. The molecule has 0 aromatic heterocycles. The van der Waals surface area contributed by atoms with Gasteiger partial charge in [0.25, 0.3) is 0 Å². The van der Waals surface area contributed by atoms with Gasteiger partial charge in [-0.05, 0) is 0 Å². The predicted molar refractivity (Wildman–Crippen MR) is 17.5 cm³/mol. The van der Waals surface area contributed by atoms with Gasteiger partial charge >= 0.3 is 6.68 Å². The third kappa shape index (κ3) is 967. The SMILES string of the molecule is FC(F)F.S. The molecule has 0 heterocycles. The first kappa shape index (κ1) is 8.94. The summed E-state index contributed by atoms with van der Waals surface area (Å²) >= 11 is 0. The molecule has 4 heteroatoms. The van der Waals surface area contributed by atoms with E-state index >= 15 is 0 Å². The Hall–Kier alpha value is 0.140. The lowest BCUT2D eigenvalue weighted by Crippen LogP contribution is -1.65. The molecule has 0 unspecified atom stereocenters.